The van der Waals surface area contributed by atoms with Gasteiger partial charge in [0.2, 0.25) is 0 Å². The van der Waals surface area contributed by atoms with Gasteiger partial charge in [-0.2, -0.15) is 0 Å². The van der Waals surface area contributed by atoms with E-state index in [9.17, 15) is 4.79 Å². The molecule has 1 aromatic heterocycles. The zero-order valence-electron chi connectivity index (χ0n) is 11.4. The topological polar surface area (TPSA) is 56.0 Å². The van der Waals surface area contributed by atoms with Crippen LogP contribution in [-0.4, -0.2) is 10.9 Å². The maximum Gasteiger partial charge on any atom is 0.250 e. The van der Waals surface area contributed by atoms with Gasteiger partial charge >= 0.3 is 0 Å². The Balaban J connectivity index is 1.99. The first kappa shape index (κ1) is 13.1. The number of hydrogen-bond donors (Lipinski definition) is 1. The number of carbonyl (C=O) groups excluding carboxylic acids is 1. The molecule has 0 aliphatic carbocycles. The molecule has 2 N–H and O–H groups in total. The molecule has 1 amide bonds. The molecule has 0 bridgehead atoms. The molecule has 0 atom stereocenters. The average Bonchev–Trinajstić information content (AvgIpc) is 2.53. The second kappa shape index (κ2) is 5.59. The number of fused-ring (bicyclic) bond motifs is 1. The van der Waals surface area contributed by atoms with Crippen LogP contribution < -0.4 is 5.73 Å². The molecule has 0 saturated carbocycles. The molecule has 0 spiro atoms. The Bertz CT molecular complexity index is 823. The number of primary amides is 1. The van der Waals surface area contributed by atoms with Crippen LogP contribution in [0.15, 0.2) is 60.8 Å². The number of rotatable bonds is 3. The molecule has 3 nitrogen and oxygen atoms in total. The van der Waals surface area contributed by atoms with Gasteiger partial charge in [-0.15, -0.1) is 0 Å². The number of hydrogen-bond acceptors (Lipinski definition) is 2. The number of aromatic nitrogens is 1. The summed E-state index contributed by atoms with van der Waals surface area (Å²) in [6.45, 7) is 0. The summed E-state index contributed by atoms with van der Waals surface area (Å²) in [6.07, 6.45) is 5.77. The Morgan fingerprint density at radius 2 is 1.71 bits per heavy atom. The predicted molar refractivity (Wildman–Crippen MR) is 85.6 cm³/mol. The van der Waals surface area contributed by atoms with E-state index in [1.807, 2.05) is 60.7 Å². The summed E-state index contributed by atoms with van der Waals surface area (Å²) < 4.78 is 0. The van der Waals surface area contributed by atoms with E-state index >= 15 is 0 Å². The van der Waals surface area contributed by atoms with Crippen molar-refractivity contribution in [3.8, 4) is 0 Å². The molecule has 0 fully saturated rings. The summed E-state index contributed by atoms with van der Waals surface area (Å²) in [4.78, 5) is 15.7. The second-order valence-corrected chi connectivity index (χ2v) is 4.75. The molecule has 2 aromatic carbocycles. The van der Waals surface area contributed by atoms with Crippen molar-refractivity contribution in [1.82, 2.24) is 4.98 Å². The van der Waals surface area contributed by atoms with Gasteiger partial charge in [0.15, 0.2) is 0 Å². The van der Waals surface area contributed by atoms with Crippen molar-refractivity contribution in [1.29, 1.82) is 0 Å². The summed E-state index contributed by atoms with van der Waals surface area (Å²) in [7, 11) is 0. The Morgan fingerprint density at radius 3 is 2.48 bits per heavy atom. The van der Waals surface area contributed by atoms with Gasteiger partial charge in [-0.05, 0) is 23.3 Å². The fourth-order valence-electron chi connectivity index (χ4n) is 2.22. The standard InChI is InChI=1S/C18H14N2O/c19-18(21)16-8-4-7-15-11-14(12-20-17(15)16)10-9-13-5-2-1-3-6-13/h1-12H,(H2,19,21)/b10-9+. The SMILES string of the molecule is NC(=O)c1cccc2cc(/C=C/c3ccccc3)cnc12. The van der Waals surface area contributed by atoms with Crippen LogP contribution in [0, 0.1) is 0 Å². The van der Waals surface area contributed by atoms with Crippen LogP contribution in [0.1, 0.15) is 21.5 Å². The van der Waals surface area contributed by atoms with E-state index in [1.165, 1.54) is 0 Å². The first-order valence-corrected chi connectivity index (χ1v) is 6.66. The first-order chi connectivity index (χ1) is 10.2. The number of benzene rings is 2. The van der Waals surface area contributed by atoms with Crippen molar-refractivity contribution in [2.24, 2.45) is 5.73 Å². The van der Waals surface area contributed by atoms with Crippen LogP contribution in [-0.2, 0) is 0 Å². The van der Waals surface area contributed by atoms with E-state index in [0.29, 0.717) is 11.1 Å². The number of pyridine rings is 1. The minimum absolute atomic E-state index is 0.450. The van der Waals surface area contributed by atoms with E-state index in [0.717, 1.165) is 16.5 Å². The minimum atomic E-state index is -0.458. The highest BCUT2D eigenvalue weighted by atomic mass is 16.1. The molecular formula is C18H14N2O. The second-order valence-electron chi connectivity index (χ2n) is 4.75. The molecule has 0 aliphatic heterocycles. The highest BCUT2D eigenvalue weighted by Crippen LogP contribution is 2.18. The third kappa shape index (κ3) is 2.82. The zero-order chi connectivity index (χ0) is 14.7. The van der Waals surface area contributed by atoms with Crippen molar-refractivity contribution < 1.29 is 4.79 Å². The van der Waals surface area contributed by atoms with Gasteiger partial charge in [-0.25, -0.2) is 0 Å². The molecule has 3 rings (SSSR count). The van der Waals surface area contributed by atoms with E-state index in [-0.39, 0.29) is 0 Å². The lowest BCUT2D eigenvalue weighted by atomic mass is 10.1. The lowest BCUT2D eigenvalue weighted by Crippen LogP contribution is -2.11. The van der Waals surface area contributed by atoms with Gasteiger partial charge in [-0.3, -0.25) is 9.78 Å². The summed E-state index contributed by atoms with van der Waals surface area (Å²) in [5.74, 6) is -0.458. The largest absolute Gasteiger partial charge is 0.366 e. The summed E-state index contributed by atoms with van der Waals surface area (Å²) in [5.41, 5.74) is 8.56. The third-order valence-electron chi connectivity index (χ3n) is 3.27. The molecule has 0 aliphatic rings. The maximum absolute atomic E-state index is 11.4. The summed E-state index contributed by atoms with van der Waals surface area (Å²) in [6, 6.07) is 17.5. The van der Waals surface area contributed by atoms with Crippen molar-refractivity contribution in [2.45, 2.75) is 0 Å². The smallest absolute Gasteiger partial charge is 0.250 e. The van der Waals surface area contributed by atoms with E-state index in [1.54, 1.807) is 12.3 Å². The van der Waals surface area contributed by atoms with Gasteiger partial charge in [0.05, 0.1) is 11.1 Å². The Labute approximate surface area is 122 Å². The van der Waals surface area contributed by atoms with Crippen LogP contribution in [0.4, 0.5) is 0 Å². The molecular weight excluding hydrogens is 260 g/mol. The molecule has 21 heavy (non-hydrogen) atoms. The van der Waals surface area contributed by atoms with Crippen molar-refractivity contribution in [3.05, 3.63) is 77.5 Å². The predicted octanol–water partition coefficient (Wildman–Crippen LogP) is 3.50. The van der Waals surface area contributed by atoms with Crippen LogP contribution in [0.2, 0.25) is 0 Å². The molecule has 1 heterocycles. The van der Waals surface area contributed by atoms with Crippen LogP contribution in [0.3, 0.4) is 0 Å². The Kier molecular flexibility index (Phi) is 3.48. The van der Waals surface area contributed by atoms with Crippen LogP contribution in [0.5, 0.6) is 0 Å². The lowest BCUT2D eigenvalue weighted by molar-refractivity contribution is 0.100. The molecule has 0 radical (unpaired) electrons. The number of amides is 1. The fourth-order valence-corrected chi connectivity index (χ4v) is 2.22. The molecule has 3 aromatic rings. The van der Waals surface area contributed by atoms with Gasteiger partial charge in [0.25, 0.3) is 5.91 Å². The zero-order valence-corrected chi connectivity index (χ0v) is 11.4. The summed E-state index contributed by atoms with van der Waals surface area (Å²) in [5, 5.41) is 0.904. The number of para-hydroxylation sites is 1. The normalized spacial score (nSPS) is 11.0. The van der Waals surface area contributed by atoms with E-state index in [2.05, 4.69) is 4.98 Å². The maximum atomic E-state index is 11.4. The highest BCUT2D eigenvalue weighted by Gasteiger charge is 2.07. The average molecular weight is 274 g/mol. The first-order valence-electron chi connectivity index (χ1n) is 6.66. The fraction of sp³-hybridized carbons (Fsp3) is 0. The number of nitrogens with zero attached hydrogens (tertiary/aromatic N) is 1. The Morgan fingerprint density at radius 1 is 0.952 bits per heavy atom. The number of carbonyl (C=O) groups is 1. The van der Waals surface area contributed by atoms with Gasteiger partial charge in [0.1, 0.15) is 0 Å². The van der Waals surface area contributed by atoms with Gasteiger partial charge < -0.3 is 5.73 Å². The minimum Gasteiger partial charge on any atom is -0.366 e. The number of nitrogens with two attached hydrogens (primary N) is 1. The molecule has 0 saturated heterocycles. The third-order valence-corrected chi connectivity index (χ3v) is 3.27. The van der Waals surface area contributed by atoms with Crippen LogP contribution in [0.25, 0.3) is 23.1 Å². The van der Waals surface area contributed by atoms with Crippen molar-refractivity contribution in [3.63, 3.8) is 0 Å². The monoisotopic (exact) mass is 274 g/mol. The van der Waals surface area contributed by atoms with Gasteiger partial charge in [-0.1, -0.05) is 54.6 Å². The molecule has 102 valence electrons. The summed E-state index contributed by atoms with van der Waals surface area (Å²) >= 11 is 0. The van der Waals surface area contributed by atoms with E-state index < -0.39 is 5.91 Å². The quantitative estimate of drug-likeness (QED) is 0.794. The van der Waals surface area contributed by atoms with E-state index in [4.69, 9.17) is 5.73 Å². The Hall–Kier alpha value is -2.94. The lowest BCUT2D eigenvalue weighted by Gasteiger charge is -2.03. The van der Waals surface area contributed by atoms with Crippen molar-refractivity contribution >= 4 is 29.0 Å². The van der Waals surface area contributed by atoms with Crippen LogP contribution >= 0.6 is 0 Å². The van der Waals surface area contributed by atoms with Gasteiger partial charge in [0, 0.05) is 11.6 Å². The van der Waals surface area contributed by atoms with Crippen molar-refractivity contribution in [2.75, 3.05) is 0 Å². The molecule has 3 heteroatoms. The molecule has 0 unspecified atom stereocenters. The highest BCUT2D eigenvalue weighted by molar-refractivity contribution is 6.04.